The van der Waals surface area contributed by atoms with Gasteiger partial charge in [-0.2, -0.15) is 0 Å². The Labute approximate surface area is 212 Å². The smallest absolute Gasteiger partial charge is 0.0666 e. The summed E-state index contributed by atoms with van der Waals surface area (Å²) in [6, 6.07) is 6.29. The fourth-order valence-electron chi connectivity index (χ4n) is 3.77. The van der Waals surface area contributed by atoms with Gasteiger partial charge in [0, 0.05) is 6.21 Å². The normalized spacial score (nSPS) is 16.3. The molecule has 0 spiro atoms. The molecule has 1 aliphatic rings. The summed E-state index contributed by atoms with van der Waals surface area (Å²) < 4.78 is 0. The number of allylic oxidation sites excluding steroid dienone is 5. The lowest BCUT2D eigenvalue weighted by Gasteiger charge is -2.08. The van der Waals surface area contributed by atoms with E-state index >= 15 is 0 Å². The standard InChI is InChI=1S/C15H19N.C9H18.C6H10.C3H4/c1-6-16-15-10-13(12(4)5)7-8-14(15)9-11(2)3;1-3-8-5-6-9(4-2)7-8;1-4-5-6(2)3;1-3-2/h6-8,10H,2,4,9H2,1,3,5H3;8-9H,3-7H2,1-2H3;4-5H,2H2,1,3H3;1H,2H3/b;;5-4-;. The van der Waals surface area contributed by atoms with Gasteiger partial charge in [-0.15, -0.1) is 12.3 Å². The van der Waals surface area contributed by atoms with Crippen LogP contribution in [0.1, 0.15) is 98.6 Å². The van der Waals surface area contributed by atoms with Gasteiger partial charge in [-0.3, -0.25) is 4.99 Å². The molecule has 1 nitrogen and oxygen atoms in total. The van der Waals surface area contributed by atoms with E-state index in [1.165, 1.54) is 37.7 Å². The number of hydrogen-bond acceptors (Lipinski definition) is 1. The number of hydrogen-bond donors (Lipinski definition) is 0. The van der Waals surface area contributed by atoms with E-state index in [0.717, 1.165) is 46.2 Å². The summed E-state index contributed by atoms with van der Waals surface area (Å²) in [5.74, 6) is 4.41. The first-order valence-electron chi connectivity index (χ1n) is 12.7. The van der Waals surface area contributed by atoms with Gasteiger partial charge in [-0.05, 0) is 83.4 Å². The Morgan fingerprint density at radius 1 is 1.06 bits per heavy atom. The van der Waals surface area contributed by atoms with Gasteiger partial charge in [0.1, 0.15) is 0 Å². The second-order valence-electron chi connectivity index (χ2n) is 9.14. The Kier molecular flexibility index (Phi) is 20.7. The highest BCUT2D eigenvalue weighted by atomic mass is 14.7. The highest BCUT2D eigenvalue weighted by Crippen LogP contribution is 2.34. The molecular weight excluding hydrogens is 410 g/mol. The fraction of sp³-hybridized carbons (Fsp3) is 0.485. The quantitative estimate of drug-likeness (QED) is 0.166. The minimum atomic E-state index is 0.878. The zero-order valence-electron chi connectivity index (χ0n) is 23.5. The molecule has 0 radical (unpaired) electrons. The minimum absolute atomic E-state index is 0.878. The van der Waals surface area contributed by atoms with Crippen LogP contribution in [0.5, 0.6) is 0 Å². The van der Waals surface area contributed by atoms with Gasteiger partial charge < -0.3 is 0 Å². The molecule has 2 unspecified atom stereocenters. The molecule has 188 valence electrons. The van der Waals surface area contributed by atoms with E-state index in [1.54, 1.807) is 6.92 Å². The average molecular weight is 462 g/mol. The molecule has 2 rings (SSSR count). The van der Waals surface area contributed by atoms with Gasteiger partial charge in [0.25, 0.3) is 0 Å². The number of terminal acetylenes is 1. The molecule has 0 N–H and O–H groups in total. The van der Waals surface area contributed by atoms with Gasteiger partial charge in [-0.1, -0.05) is 100 Å². The Morgan fingerprint density at radius 3 is 1.88 bits per heavy atom. The van der Waals surface area contributed by atoms with Crippen LogP contribution in [0.15, 0.2) is 66.2 Å². The zero-order chi connectivity index (χ0) is 26.5. The number of benzene rings is 1. The summed E-state index contributed by atoms with van der Waals surface area (Å²) in [6.07, 6.45) is 18.6. The largest absolute Gasteiger partial charge is 0.261 e. The van der Waals surface area contributed by atoms with Crippen LogP contribution in [0.4, 0.5) is 5.69 Å². The molecule has 0 heterocycles. The zero-order valence-corrected chi connectivity index (χ0v) is 23.5. The summed E-state index contributed by atoms with van der Waals surface area (Å²) in [7, 11) is 0. The maximum Gasteiger partial charge on any atom is 0.0666 e. The molecule has 0 bridgehead atoms. The second-order valence-corrected chi connectivity index (χ2v) is 9.14. The van der Waals surface area contributed by atoms with Crippen LogP contribution in [-0.2, 0) is 6.42 Å². The van der Waals surface area contributed by atoms with Crippen LogP contribution in [0, 0.1) is 24.2 Å². The SMILES string of the molecule is C#CC.C=C(C)/C=C\C.C=C(C)Cc1ccc(C(=C)C)cc1N=CC.CCC1CCC(CC)C1. The van der Waals surface area contributed by atoms with E-state index < -0.39 is 0 Å². The Hall–Kier alpha value is -2.59. The highest BCUT2D eigenvalue weighted by Gasteiger charge is 2.21. The lowest BCUT2D eigenvalue weighted by molar-refractivity contribution is 0.471. The van der Waals surface area contributed by atoms with Crippen LogP contribution in [-0.4, -0.2) is 6.21 Å². The third-order valence-electron chi connectivity index (χ3n) is 5.59. The van der Waals surface area contributed by atoms with Crippen molar-refractivity contribution in [2.45, 2.75) is 93.9 Å². The molecule has 0 amide bonds. The van der Waals surface area contributed by atoms with Crippen LogP contribution in [0.2, 0.25) is 0 Å². The predicted molar refractivity (Wildman–Crippen MR) is 159 cm³/mol. The van der Waals surface area contributed by atoms with Crippen molar-refractivity contribution >= 4 is 17.5 Å². The molecule has 0 aromatic heterocycles. The van der Waals surface area contributed by atoms with Gasteiger partial charge in [0.15, 0.2) is 0 Å². The minimum Gasteiger partial charge on any atom is -0.261 e. The maximum absolute atomic E-state index is 4.60. The Balaban J connectivity index is 0. The van der Waals surface area contributed by atoms with E-state index in [0.29, 0.717) is 0 Å². The van der Waals surface area contributed by atoms with E-state index in [4.69, 9.17) is 0 Å². The first-order valence-corrected chi connectivity index (χ1v) is 12.7. The molecule has 1 aromatic rings. The van der Waals surface area contributed by atoms with E-state index in [2.05, 4.69) is 69.1 Å². The number of aliphatic imine (C=N–C) groups is 1. The van der Waals surface area contributed by atoms with Crippen molar-refractivity contribution in [1.82, 2.24) is 0 Å². The van der Waals surface area contributed by atoms with Crippen molar-refractivity contribution < 1.29 is 0 Å². The summed E-state index contributed by atoms with van der Waals surface area (Å²) >= 11 is 0. The van der Waals surface area contributed by atoms with Gasteiger partial charge in [-0.25, -0.2) is 0 Å². The average Bonchev–Trinajstić information content (AvgIpc) is 3.24. The summed E-state index contributed by atoms with van der Waals surface area (Å²) in [6.45, 7) is 27.8. The summed E-state index contributed by atoms with van der Waals surface area (Å²) in [5.41, 5.74) is 6.70. The van der Waals surface area contributed by atoms with E-state index in [-0.39, 0.29) is 0 Å². The lowest BCUT2D eigenvalue weighted by Crippen LogP contribution is -1.92. The van der Waals surface area contributed by atoms with Crippen LogP contribution in [0.25, 0.3) is 5.57 Å². The molecule has 34 heavy (non-hydrogen) atoms. The first-order chi connectivity index (χ1) is 16.1. The molecule has 1 heteroatoms. The van der Waals surface area contributed by atoms with Crippen LogP contribution >= 0.6 is 0 Å². The van der Waals surface area contributed by atoms with Crippen molar-refractivity contribution in [3.63, 3.8) is 0 Å². The Bertz CT molecular complexity index is 819. The van der Waals surface area contributed by atoms with Crippen molar-refractivity contribution in [1.29, 1.82) is 0 Å². The lowest BCUT2D eigenvalue weighted by atomic mass is 10.0. The van der Waals surface area contributed by atoms with Gasteiger partial charge in [0.2, 0.25) is 0 Å². The fourth-order valence-corrected chi connectivity index (χ4v) is 3.77. The first kappa shape index (κ1) is 33.6. The summed E-state index contributed by atoms with van der Waals surface area (Å²) in [4.78, 5) is 4.40. The van der Waals surface area contributed by atoms with Crippen LogP contribution in [0.3, 0.4) is 0 Å². The monoisotopic (exact) mass is 461 g/mol. The van der Waals surface area contributed by atoms with Crippen molar-refractivity contribution in [2.75, 3.05) is 0 Å². The molecule has 1 aromatic carbocycles. The molecule has 1 saturated carbocycles. The van der Waals surface area contributed by atoms with Crippen LogP contribution < -0.4 is 0 Å². The highest BCUT2D eigenvalue weighted by molar-refractivity contribution is 5.69. The van der Waals surface area contributed by atoms with Gasteiger partial charge in [0.05, 0.1) is 5.69 Å². The number of rotatable bonds is 7. The molecule has 2 atom stereocenters. The predicted octanol–water partition coefficient (Wildman–Crippen LogP) is 10.6. The third kappa shape index (κ3) is 17.0. The van der Waals surface area contributed by atoms with E-state index in [1.807, 2.05) is 53.0 Å². The van der Waals surface area contributed by atoms with Crippen molar-refractivity contribution in [3.8, 4) is 12.3 Å². The maximum atomic E-state index is 4.60. The molecule has 0 aliphatic heterocycles. The molecule has 1 fully saturated rings. The van der Waals surface area contributed by atoms with E-state index in [9.17, 15) is 0 Å². The van der Waals surface area contributed by atoms with Crippen molar-refractivity contribution in [2.24, 2.45) is 16.8 Å². The topological polar surface area (TPSA) is 12.4 Å². The van der Waals surface area contributed by atoms with Crippen molar-refractivity contribution in [3.05, 3.63) is 72.4 Å². The third-order valence-corrected chi connectivity index (χ3v) is 5.59. The Morgan fingerprint density at radius 2 is 1.59 bits per heavy atom. The molecule has 0 saturated heterocycles. The van der Waals surface area contributed by atoms with Gasteiger partial charge >= 0.3 is 0 Å². The number of nitrogens with zero attached hydrogens (tertiary/aromatic N) is 1. The second kappa shape index (κ2) is 21.0. The molecule has 1 aliphatic carbocycles. The summed E-state index contributed by atoms with van der Waals surface area (Å²) in [5, 5.41) is 0. The molecular formula is C33H51N.